The molecule has 2 nitrogen and oxygen atoms in total. The smallest absolute Gasteiger partial charge is 0.237 e. The Morgan fingerprint density at radius 2 is 1.65 bits per heavy atom. The van der Waals surface area contributed by atoms with Gasteiger partial charge < -0.3 is 5.32 Å². The molecule has 1 aliphatic heterocycles. The topological polar surface area (TPSA) is 15.9 Å². The largest absolute Gasteiger partial charge is 0.373 e. The minimum absolute atomic E-state index is 0.464. The molecule has 1 aliphatic rings. The van der Waals surface area contributed by atoms with Crippen LogP contribution in [0.25, 0.3) is 27.6 Å². The van der Waals surface area contributed by atoms with E-state index in [2.05, 4.69) is 116 Å². The quantitative estimate of drug-likeness (QED) is 0.378. The van der Waals surface area contributed by atoms with Crippen molar-refractivity contribution in [2.75, 3.05) is 11.9 Å². The summed E-state index contributed by atoms with van der Waals surface area (Å²) in [5.74, 6) is 0.464. The number of aromatic nitrogens is 1. The van der Waals surface area contributed by atoms with E-state index in [1.807, 2.05) is 0 Å². The Balaban J connectivity index is 1.82. The second-order valence-electron chi connectivity index (χ2n) is 8.72. The molecule has 0 saturated carbocycles. The summed E-state index contributed by atoms with van der Waals surface area (Å²) in [5, 5.41) is 5.07. The first-order chi connectivity index (χ1) is 15.1. The molecule has 0 amide bonds. The maximum Gasteiger partial charge on any atom is 0.237 e. The molecule has 0 atom stereocenters. The molecule has 0 bridgehead atoms. The number of aryl methyl sites for hydroxylation is 1. The Kier molecular flexibility index (Phi) is 5.07. The molecule has 2 heterocycles. The summed E-state index contributed by atoms with van der Waals surface area (Å²) in [6, 6.07) is 28.5. The first-order valence-corrected chi connectivity index (χ1v) is 11.2. The van der Waals surface area contributed by atoms with E-state index in [9.17, 15) is 0 Å². The van der Waals surface area contributed by atoms with Gasteiger partial charge in [-0.1, -0.05) is 86.7 Å². The van der Waals surface area contributed by atoms with E-state index in [4.69, 9.17) is 0 Å². The Morgan fingerprint density at radius 1 is 0.935 bits per heavy atom. The highest BCUT2D eigenvalue weighted by molar-refractivity contribution is 6.04. The van der Waals surface area contributed by atoms with E-state index in [0.29, 0.717) is 5.92 Å². The van der Waals surface area contributed by atoms with Gasteiger partial charge >= 0.3 is 0 Å². The van der Waals surface area contributed by atoms with Crippen LogP contribution in [0.5, 0.6) is 0 Å². The fourth-order valence-corrected chi connectivity index (χ4v) is 4.76. The van der Waals surface area contributed by atoms with Crippen LogP contribution in [0.1, 0.15) is 30.7 Å². The minimum atomic E-state index is 0.464. The molecule has 0 spiro atoms. The van der Waals surface area contributed by atoms with Gasteiger partial charge in [0, 0.05) is 24.1 Å². The molecule has 31 heavy (non-hydrogen) atoms. The molecule has 3 aromatic carbocycles. The second-order valence-corrected chi connectivity index (χ2v) is 8.72. The lowest BCUT2D eigenvalue weighted by Crippen LogP contribution is -2.44. The molecule has 0 radical (unpaired) electrons. The summed E-state index contributed by atoms with van der Waals surface area (Å²) in [6.07, 6.45) is 2.39. The third kappa shape index (κ3) is 3.53. The molecular formula is C29H29N2+. The molecule has 5 rings (SSSR count). The van der Waals surface area contributed by atoms with Gasteiger partial charge in [0.1, 0.15) is 5.69 Å². The van der Waals surface area contributed by atoms with Gasteiger partial charge in [-0.2, -0.15) is 4.57 Å². The lowest BCUT2D eigenvalue weighted by atomic mass is 9.90. The monoisotopic (exact) mass is 405 g/mol. The van der Waals surface area contributed by atoms with Gasteiger partial charge in [0.15, 0.2) is 12.2 Å². The summed E-state index contributed by atoms with van der Waals surface area (Å²) < 4.78 is 2.48. The lowest BCUT2D eigenvalue weighted by molar-refractivity contribution is -0.675. The average Bonchev–Trinajstić information content (AvgIpc) is 2.81. The van der Waals surface area contributed by atoms with Gasteiger partial charge in [-0.25, -0.2) is 0 Å². The Hall–Kier alpha value is -3.39. The van der Waals surface area contributed by atoms with Crippen LogP contribution in [0.4, 0.5) is 5.69 Å². The minimum Gasteiger partial charge on any atom is -0.373 e. The average molecular weight is 406 g/mol. The van der Waals surface area contributed by atoms with E-state index < -0.39 is 0 Å². The fraction of sp³-hybridized carbons (Fsp3) is 0.207. The number of allylic oxidation sites excluding steroid dienone is 1. The molecule has 154 valence electrons. The zero-order valence-corrected chi connectivity index (χ0v) is 18.5. The zero-order valence-electron chi connectivity index (χ0n) is 18.5. The van der Waals surface area contributed by atoms with Crippen LogP contribution in [0, 0.1) is 12.8 Å². The number of nitrogens with zero attached hydrogens (tertiary/aromatic N) is 1. The summed E-state index contributed by atoms with van der Waals surface area (Å²) >= 11 is 0. The van der Waals surface area contributed by atoms with E-state index in [1.165, 1.54) is 50.1 Å². The number of hydrogen-bond donors (Lipinski definition) is 1. The number of benzene rings is 3. The number of rotatable bonds is 4. The molecule has 0 aliphatic carbocycles. The first-order valence-electron chi connectivity index (χ1n) is 11.2. The van der Waals surface area contributed by atoms with Gasteiger partial charge in [0.2, 0.25) is 5.52 Å². The third-order valence-corrected chi connectivity index (χ3v) is 6.11. The van der Waals surface area contributed by atoms with Crippen molar-refractivity contribution in [3.8, 4) is 11.1 Å². The van der Waals surface area contributed by atoms with Crippen molar-refractivity contribution in [1.29, 1.82) is 0 Å². The molecule has 4 aromatic rings. The lowest BCUT2D eigenvalue weighted by Gasteiger charge is -2.22. The van der Waals surface area contributed by atoms with Gasteiger partial charge in [0.25, 0.3) is 0 Å². The molecule has 0 unspecified atom stereocenters. The highest BCUT2D eigenvalue weighted by Crippen LogP contribution is 2.39. The van der Waals surface area contributed by atoms with Crippen LogP contribution in [-0.4, -0.2) is 6.54 Å². The van der Waals surface area contributed by atoms with Crippen LogP contribution in [0.3, 0.4) is 0 Å². The highest BCUT2D eigenvalue weighted by atomic mass is 15.1. The van der Waals surface area contributed by atoms with E-state index >= 15 is 0 Å². The molecular weight excluding hydrogens is 376 g/mol. The molecule has 1 N–H and O–H groups in total. The van der Waals surface area contributed by atoms with Crippen molar-refractivity contribution in [1.82, 2.24) is 0 Å². The van der Waals surface area contributed by atoms with Crippen LogP contribution in [0.2, 0.25) is 0 Å². The Labute approximate surface area is 184 Å². The molecule has 0 saturated heterocycles. The number of nitrogens with one attached hydrogen (secondary N) is 1. The van der Waals surface area contributed by atoms with Crippen molar-refractivity contribution < 1.29 is 4.57 Å². The number of hydrogen-bond acceptors (Lipinski definition) is 1. The Bertz CT molecular complexity index is 1270. The van der Waals surface area contributed by atoms with Crippen molar-refractivity contribution in [2.45, 2.75) is 27.3 Å². The predicted octanol–water partition coefficient (Wildman–Crippen LogP) is 6.62. The summed E-state index contributed by atoms with van der Waals surface area (Å²) in [6.45, 7) is 8.67. The van der Waals surface area contributed by atoms with Crippen molar-refractivity contribution in [2.24, 2.45) is 5.92 Å². The normalized spacial score (nSPS) is 13.5. The van der Waals surface area contributed by atoms with E-state index in [-0.39, 0.29) is 0 Å². The van der Waals surface area contributed by atoms with Crippen molar-refractivity contribution in [3.05, 3.63) is 102 Å². The van der Waals surface area contributed by atoms with Crippen LogP contribution in [-0.2, 0) is 6.54 Å². The van der Waals surface area contributed by atoms with E-state index in [1.54, 1.807) is 0 Å². The van der Waals surface area contributed by atoms with Crippen LogP contribution >= 0.6 is 0 Å². The van der Waals surface area contributed by atoms with Crippen LogP contribution in [0.15, 0.2) is 84.9 Å². The van der Waals surface area contributed by atoms with E-state index in [0.717, 1.165) is 13.1 Å². The number of anilines is 1. The summed E-state index contributed by atoms with van der Waals surface area (Å²) in [5.41, 5.74) is 10.3. The standard InChI is InChI=1S/C29H29N2/c1-20(2)18-26(22-10-6-4-7-11-22)24-14-15-25-27(23-12-8-5-9-13-23)19-21(3)31-17-16-30-28(24)29(25)31/h4-15,18-20,30H,16-17H2,1-3H3/q+1/b26-18-. The maximum absolute atomic E-state index is 3.76. The molecule has 0 fully saturated rings. The van der Waals surface area contributed by atoms with Crippen LogP contribution < -0.4 is 9.88 Å². The molecule has 1 aromatic heterocycles. The molecule has 2 heteroatoms. The van der Waals surface area contributed by atoms with Crippen molar-refractivity contribution in [3.63, 3.8) is 0 Å². The number of pyridine rings is 1. The van der Waals surface area contributed by atoms with Gasteiger partial charge in [-0.05, 0) is 28.7 Å². The fourth-order valence-electron chi connectivity index (χ4n) is 4.76. The maximum atomic E-state index is 3.76. The summed E-state index contributed by atoms with van der Waals surface area (Å²) in [4.78, 5) is 0. The predicted molar refractivity (Wildman–Crippen MR) is 131 cm³/mol. The second kappa shape index (κ2) is 8.03. The van der Waals surface area contributed by atoms with Gasteiger partial charge in [-0.3, -0.25) is 0 Å². The Morgan fingerprint density at radius 3 is 2.35 bits per heavy atom. The zero-order chi connectivity index (χ0) is 21.4. The summed E-state index contributed by atoms with van der Waals surface area (Å²) in [7, 11) is 0. The van der Waals surface area contributed by atoms with Gasteiger partial charge in [-0.15, -0.1) is 0 Å². The van der Waals surface area contributed by atoms with Gasteiger partial charge in [0.05, 0.1) is 11.9 Å². The highest BCUT2D eigenvalue weighted by Gasteiger charge is 2.27. The SMILES string of the molecule is Cc1cc(-c2ccccc2)c2ccc(/C(=C\C(C)C)c3ccccc3)c3c2[n+]1CCN3. The first kappa shape index (κ1) is 19.6. The van der Waals surface area contributed by atoms with Crippen molar-refractivity contribution >= 4 is 22.2 Å². The third-order valence-electron chi connectivity index (χ3n) is 6.11.